The average molecular weight is 225 g/mol. The molecule has 0 radical (unpaired) electrons. The third-order valence-electron chi connectivity index (χ3n) is 1.12. The van der Waals surface area contributed by atoms with Crippen LogP contribution in [0.4, 0.5) is 0 Å². The van der Waals surface area contributed by atoms with Gasteiger partial charge in [-0.2, -0.15) is 0 Å². The Labute approximate surface area is 83.7 Å². The quantitative estimate of drug-likeness (QED) is 0.353. The Bertz CT molecular complexity index is 259. The summed E-state index contributed by atoms with van der Waals surface area (Å²) in [5.74, 6) is -0.814. The fourth-order valence-electron chi connectivity index (χ4n) is 0.562. The summed E-state index contributed by atoms with van der Waals surface area (Å²) in [4.78, 5) is 10.8. The van der Waals surface area contributed by atoms with Crippen molar-refractivity contribution in [3.05, 3.63) is 12.3 Å². The second kappa shape index (κ2) is 6.36. The Hall–Kier alpha value is -1.16. The zero-order chi connectivity index (χ0) is 10.3. The fraction of sp³-hybridized carbons (Fsp3) is 0.286. The van der Waals surface area contributed by atoms with Gasteiger partial charge in [-0.15, -0.1) is 0 Å². The van der Waals surface area contributed by atoms with Crippen molar-refractivity contribution < 1.29 is 24.8 Å². The normalized spacial score (nSPS) is 10.8. The number of nitriles is 1. The molecule has 0 aliphatic heterocycles. The third-order valence-corrected chi connectivity index (χ3v) is 1.27. The third kappa shape index (κ3) is 5.14. The summed E-state index contributed by atoms with van der Waals surface area (Å²) in [5.41, 5.74) is 5.60. The van der Waals surface area contributed by atoms with Crippen molar-refractivity contribution in [1.82, 2.24) is 5.32 Å². The summed E-state index contributed by atoms with van der Waals surface area (Å²) >= 11 is 3.77. The topological polar surface area (TPSA) is 88.1 Å². The van der Waals surface area contributed by atoms with Crippen molar-refractivity contribution in [3.8, 4) is 6.26 Å². The first kappa shape index (κ1) is 11.8. The van der Waals surface area contributed by atoms with Gasteiger partial charge in [0.2, 0.25) is 0 Å². The second-order valence-electron chi connectivity index (χ2n) is 2.09. The maximum atomic E-state index is 10.8. The number of carbonyl (C=O) groups is 1. The Morgan fingerprint density at radius 2 is 2.54 bits per heavy atom. The number of esters is 1. The van der Waals surface area contributed by atoms with Crippen LogP contribution in [0.15, 0.2) is 5.70 Å². The molecule has 0 aliphatic carbocycles. The van der Waals surface area contributed by atoms with Crippen LogP contribution in [0.3, 0.4) is 0 Å². The number of nitrogens with two attached hydrogens (primary N) is 1. The molecule has 0 saturated carbocycles. The molecule has 1 atom stereocenters. The maximum absolute atomic E-state index is 10.8. The molecule has 0 spiro atoms. The number of rotatable bonds is 5. The van der Waals surface area contributed by atoms with E-state index in [4.69, 9.17) is 17.6 Å². The zero-order valence-electron chi connectivity index (χ0n) is 6.61. The SMILES string of the molecule is [CH-]=C(CC(N)C(=O)OC#N)N[CH]=[Co]. The molecule has 0 aromatic rings. The number of nitrogens with zero attached hydrogens (tertiary/aromatic N) is 1. The van der Waals surface area contributed by atoms with E-state index in [0.29, 0.717) is 0 Å². The van der Waals surface area contributed by atoms with Crippen molar-refractivity contribution in [2.24, 2.45) is 5.73 Å². The summed E-state index contributed by atoms with van der Waals surface area (Å²) in [6.07, 6.45) is 1.31. The van der Waals surface area contributed by atoms with Gasteiger partial charge in [0.05, 0.1) is 0 Å². The second-order valence-corrected chi connectivity index (χ2v) is 2.39. The van der Waals surface area contributed by atoms with Crippen molar-refractivity contribution in [2.45, 2.75) is 12.5 Å². The van der Waals surface area contributed by atoms with Gasteiger partial charge in [-0.05, 0) is 0 Å². The molecular formula is C7H8CoN3O2-. The van der Waals surface area contributed by atoms with Crippen LogP contribution in [0.2, 0.25) is 0 Å². The molecular weight excluding hydrogens is 217 g/mol. The fourth-order valence-corrected chi connectivity index (χ4v) is 0.755. The van der Waals surface area contributed by atoms with Crippen molar-refractivity contribution in [3.63, 3.8) is 0 Å². The Kier molecular flexibility index (Phi) is 5.79. The van der Waals surface area contributed by atoms with Crippen LogP contribution < -0.4 is 11.1 Å². The van der Waals surface area contributed by atoms with E-state index in [1.54, 1.807) is 0 Å². The number of nitrogens with one attached hydrogen (secondary N) is 1. The van der Waals surface area contributed by atoms with Crippen LogP contribution >= 0.6 is 0 Å². The van der Waals surface area contributed by atoms with E-state index in [0.717, 1.165) is 0 Å². The number of ether oxygens (including phenoxy) is 1. The molecule has 13 heavy (non-hydrogen) atoms. The van der Waals surface area contributed by atoms with Gasteiger partial charge in [-0.1, -0.05) is 0 Å². The van der Waals surface area contributed by atoms with Gasteiger partial charge in [0.15, 0.2) is 0 Å². The van der Waals surface area contributed by atoms with Gasteiger partial charge in [0.25, 0.3) is 0 Å². The Balaban J connectivity index is 3.93. The van der Waals surface area contributed by atoms with Crippen molar-refractivity contribution in [1.29, 1.82) is 5.26 Å². The van der Waals surface area contributed by atoms with Gasteiger partial charge < -0.3 is 0 Å². The minimum absolute atomic E-state index is 0.0798. The monoisotopic (exact) mass is 225 g/mol. The standard InChI is InChI=1S/C7H8N3O2.Co/c1-5(10-2)3-6(9)7(11)12-4-8;/h1-2,6,10H,3,9H2;/q-1;. The van der Waals surface area contributed by atoms with E-state index in [1.807, 2.05) is 0 Å². The first-order chi connectivity index (χ1) is 6.11. The summed E-state index contributed by atoms with van der Waals surface area (Å²) < 4.78 is 4.00. The number of hydrogen-bond donors (Lipinski definition) is 2. The molecule has 73 valence electrons. The van der Waals surface area contributed by atoms with Crippen LogP contribution in [-0.2, 0) is 24.8 Å². The molecule has 0 rings (SSSR count). The van der Waals surface area contributed by atoms with Crippen molar-refractivity contribution in [2.75, 3.05) is 0 Å². The van der Waals surface area contributed by atoms with Crippen LogP contribution in [-0.4, -0.2) is 17.1 Å². The Morgan fingerprint density at radius 1 is 1.92 bits per heavy atom. The molecule has 6 heteroatoms. The van der Waals surface area contributed by atoms with E-state index >= 15 is 0 Å². The predicted molar refractivity (Wildman–Crippen MR) is 41.3 cm³/mol. The van der Waals surface area contributed by atoms with Gasteiger partial charge >= 0.3 is 83.2 Å². The van der Waals surface area contributed by atoms with Crippen LogP contribution in [0.1, 0.15) is 6.42 Å². The summed E-state index contributed by atoms with van der Waals surface area (Å²) in [6, 6.07) is -0.945. The minimum atomic E-state index is -0.945. The van der Waals surface area contributed by atoms with Crippen LogP contribution in [0, 0.1) is 18.1 Å². The van der Waals surface area contributed by atoms with E-state index < -0.39 is 12.0 Å². The molecule has 0 aromatic carbocycles. The van der Waals surface area contributed by atoms with E-state index in [1.165, 1.54) is 11.3 Å². The number of hydrogen-bond acceptors (Lipinski definition) is 5. The molecule has 0 amide bonds. The van der Waals surface area contributed by atoms with Gasteiger partial charge in [0, 0.05) is 0 Å². The first-order valence-electron chi connectivity index (χ1n) is 3.24. The van der Waals surface area contributed by atoms with Crippen LogP contribution in [0.5, 0.6) is 0 Å². The molecule has 3 N–H and O–H groups in total. The van der Waals surface area contributed by atoms with Gasteiger partial charge in [-0.25, -0.2) is 0 Å². The molecule has 5 nitrogen and oxygen atoms in total. The first-order valence-corrected chi connectivity index (χ1v) is 3.84. The van der Waals surface area contributed by atoms with Crippen LogP contribution in [0.25, 0.3) is 0 Å². The molecule has 0 bridgehead atoms. The summed E-state index contributed by atoms with van der Waals surface area (Å²) in [6.45, 7) is 5.37. The molecule has 0 aliphatic rings. The summed E-state index contributed by atoms with van der Waals surface area (Å²) in [7, 11) is 0. The van der Waals surface area contributed by atoms with E-state index in [-0.39, 0.29) is 12.1 Å². The van der Waals surface area contributed by atoms with Gasteiger partial charge in [-0.3, -0.25) is 0 Å². The molecule has 0 aromatic heterocycles. The Morgan fingerprint density at radius 3 is 3.00 bits per heavy atom. The van der Waals surface area contributed by atoms with Crippen molar-refractivity contribution >= 4 is 11.1 Å². The van der Waals surface area contributed by atoms with Gasteiger partial charge in [0.1, 0.15) is 0 Å². The van der Waals surface area contributed by atoms with E-state index in [2.05, 4.69) is 25.4 Å². The molecule has 0 fully saturated rings. The molecule has 0 saturated heterocycles. The molecule has 1 unspecified atom stereocenters. The average Bonchev–Trinajstić information content (AvgIpc) is 2.05. The zero-order valence-corrected chi connectivity index (χ0v) is 7.65. The number of carbonyl (C=O) groups excluding carboxylic acids is 1. The van der Waals surface area contributed by atoms with E-state index in [9.17, 15) is 4.79 Å². The predicted octanol–water partition coefficient (Wildman–Crippen LogP) is -1.06. The molecule has 0 heterocycles. The summed E-state index contributed by atoms with van der Waals surface area (Å²) in [5, 5.41) is 11.8.